The van der Waals surface area contributed by atoms with Gasteiger partial charge in [-0.1, -0.05) is 43.5 Å². The highest BCUT2D eigenvalue weighted by molar-refractivity contribution is 7.48. The largest absolute Gasteiger partial charge is 0.509 e. The van der Waals surface area contributed by atoms with Gasteiger partial charge in [0.05, 0.1) is 32.3 Å². The number of carbonyl (C=O) groups is 1. The van der Waals surface area contributed by atoms with Crippen molar-refractivity contribution >= 4 is 42.7 Å². The molecule has 0 saturated carbocycles. The first-order valence-corrected chi connectivity index (χ1v) is 15.5. The number of fused-ring (bicyclic) bond motifs is 2. The molecule has 1 aromatic carbocycles. The fraction of sp³-hybridized carbons (Fsp3) is 0.538. The quantitative estimate of drug-likeness (QED) is 0.179. The molecule has 0 bridgehead atoms. The highest BCUT2D eigenvalue weighted by Crippen LogP contribution is 2.58. The second kappa shape index (κ2) is 11.6. The number of nitrogens with zero attached hydrogens (tertiary/aromatic N) is 4. The first-order valence-electron chi connectivity index (χ1n) is 13.7. The van der Waals surface area contributed by atoms with Gasteiger partial charge >= 0.3 is 14.0 Å². The molecule has 226 valence electrons. The fourth-order valence-electron chi connectivity index (χ4n) is 5.34. The molecule has 3 saturated heterocycles. The van der Waals surface area contributed by atoms with Crippen LogP contribution in [0.15, 0.2) is 30.6 Å². The van der Waals surface area contributed by atoms with E-state index in [9.17, 15) is 9.36 Å². The summed E-state index contributed by atoms with van der Waals surface area (Å²) in [6.07, 6.45) is 0.636. The number of carbonyl (C=O) groups excluding carboxylic acids is 1. The van der Waals surface area contributed by atoms with Crippen molar-refractivity contribution in [1.82, 2.24) is 19.5 Å². The summed E-state index contributed by atoms with van der Waals surface area (Å²) in [5.41, 5.74) is 6.12. The van der Waals surface area contributed by atoms with Gasteiger partial charge in [-0.2, -0.15) is 9.97 Å². The van der Waals surface area contributed by atoms with E-state index < -0.39 is 44.1 Å². The van der Waals surface area contributed by atoms with Crippen molar-refractivity contribution in [3.05, 3.63) is 41.2 Å². The average molecular weight is 624 g/mol. The van der Waals surface area contributed by atoms with Crippen LogP contribution >= 0.6 is 19.4 Å². The standard InChI is InChI=1S/C26H31ClN5O9P/c1-3-4-5-10-35-22-19-21(30-24(28)31-22)32(14-29-19)23-26(2)20(39-25(33)40-26)18(38-23)13-37-42(34)36-11-9-17(41-42)15-7-6-8-16(27)12-15/h6-8,12,14,17-18,20,23H,3-5,9-11,13H2,1-2H3,(H2,28,30,31)/t17-,18+,20+,23+,26+,42+/m0/s1. The molecule has 6 rings (SSSR count). The summed E-state index contributed by atoms with van der Waals surface area (Å²) in [6.45, 7) is 4.06. The minimum Gasteiger partial charge on any atom is -0.476 e. The van der Waals surface area contributed by atoms with Crippen LogP contribution in [0.5, 0.6) is 5.88 Å². The molecule has 3 fully saturated rings. The number of nitrogens with two attached hydrogens (primary N) is 1. The smallest absolute Gasteiger partial charge is 0.476 e. The molecule has 0 aliphatic carbocycles. The SMILES string of the molecule is CCCCCOc1nc(N)nc2c1ncn2[C@@H]1O[C@H](CO[P@@]2(=O)OCC[C@@H](c3cccc(Cl)c3)O2)[C@H]2OC(=O)O[C@]21C. The minimum atomic E-state index is -4.00. The second-order valence-corrected chi connectivity index (χ2v) is 12.4. The van der Waals surface area contributed by atoms with Gasteiger partial charge in [-0.05, 0) is 31.0 Å². The summed E-state index contributed by atoms with van der Waals surface area (Å²) in [6, 6.07) is 7.08. The van der Waals surface area contributed by atoms with Crippen LogP contribution in [0, 0.1) is 0 Å². The summed E-state index contributed by atoms with van der Waals surface area (Å²) in [5.74, 6) is 0.221. The lowest BCUT2D eigenvalue weighted by atomic mass is 9.96. The highest BCUT2D eigenvalue weighted by Gasteiger charge is 2.64. The monoisotopic (exact) mass is 623 g/mol. The van der Waals surface area contributed by atoms with Crippen molar-refractivity contribution in [3.8, 4) is 5.88 Å². The zero-order chi connectivity index (χ0) is 29.5. The number of anilines is 1. The maximum absolute atomic E-state index is 13.4. The normalized spacial score (nSPS) is 30.7. The number of phosphoric ester groups is 1. The number of ether oxygens (including phenoxy) is 4. The molecule has 5 heterocycles. The van der Waals surface area contributed by atoms with Crippen molar-refractivity contribution in [3.63, 3.8) is 0 Å². The van der Waals surface area contributed by atoms with Crippen molar-refractivity contribution in [2.75, 3.05) is 25.6 Å². The zero-order valence-electron chi connectivity index (χ0n) is 23.0. The Balaban J connectivity index is 1.22. The van der Waals surface area contributed by atoms with Gasteiger partial charge < -0.3 is 24.7 Å². The third-order valence-corrected chi connectivity index (χ3v) is 9.08. The summed E-state index contributed by atoms with van der Waals surface area (Å²) in [7, 11) is -4.00. The van der Waals surface area contributed by atoms with Crippen LogP contribution in [0.3, 0.4) is 0 Å². The molecule has 0 radical (unpaired) electrons. The lowest BCUT2D eigenvalue weighted by molar-refractivity contribution is -0.0925. The van der Waals surface area contributed by atoms with Gasteiger partial charge in [0.25, 0.3) is 0 Å². The van der Waals surface area contributed by atoms with Gasteiger partial charge in [-0.15, -0.1) is 0 Å². The Bertz CT molecular complexity index is 1520. The van der Waals surface area contributed by atoms with Gasteiger partial charge in [-0.3, -0.25) is 18.1 Å². The third kappa shape index (κ3) is 5.54. The van der Waals surface area contributed by atoms with E-state index in [4.69, 9.17) is 49.9 Å². The molecule has 6 atom stereocenters. The summed E-state index contributed by atoms with van der Waals surface area (Å²) < 4.78 is 55.1. The molecular formula is C26H31ClN5O9P. The highest BCUT2D eigenvalue weighted by atomic mass is 35.5. The average Bonchev–Trinajstić information content (AvgIpc) is 3.58. The van der Waals surface area contributed by atoms with E-state index in [1.807, 2.05) is 6.07 Å². The number of halogens is 1. The fourth-order valence-corrected chi connectivity index (χ4v) is 6.93. The first-order chi connectivity index (χ1) is 20.2. The van der Waals surface area contributed by atoms with E-state index >= 15 is 0 Å². The zero-order valence-corrected chi connectivity index (χ0v) is 24.7. The lowest BCUT2D eigenvalue weighted by Gasteiger charge is -2.30. The molecule has 0 unspecified atom stereocenters. The molecule has 42 heavy (non-hydrogen) atoms. The number of nitrogen functional groups attached to an aromatic ring is 1. The van der Waals surface area contributed by atoms with E-state index in [-0.39, 0.29) is 25.0 Å². The van der Waals surface area contributed by atoms with Crippen LogP contribution in [-0.2, 0) is 32.3 Å². The van der Waals surface area contributed by atoms with Crippen LogP contribution in [0.25, 0.3) is 11.2 Å². The van der Waals surface area contributed by atoms with Crippen LogP contribution in [0.1, 0.15) is 57.4 Å². The second-order valence-electron chi connectivity index (χ2n) is 10.4. The van der Waals surface area contributed by atoms with Crippen LogP contribution < -0.4 is 10.5 Å². The van der Waals surface area contributed by atoms with Crippen LogP contribution in [0.4, 0.5) is 10.7 Å². The predicted molar refractivity (Wildman–Crippen MR) is 148 cm³/mol. The summed E-state index contributed by atoms with van der Waals surface area (Å²) in [5, 5.41) is 0.528. The Morgan fingerprint density at radius 1 is 1.29 bits per heavy atom. The molecule has 3 aliphatic rings. The van der Waals surface area contributed by atoms with Crippen LogP contribution in [0.2, 0.25) is 5.02 Å². The number of hydrogen-bond acceptors (Lipinski definition) is 13. The van der Waals surface area contributed by atoms with Crippen LogP contribution in [-0.4, -0.2) is 63.3 Å². The number of rotatable bonds is 10. The van der Waals surface area contributed by atoms with Gasteiger partial charge in [0.1, 0.15) is 6.10 Å². The van der Waals surface area contributed by atoms with Gasteiger partial charge in [0.2, 0.25) is 11.8 Å². The Morgan fingerprint density at radius 3 is 2.95 bits per heavy atom. The molecule has 16 heteroatoms. The molecule has 3 aromatic rings. The minimum absolute atomic E-state index is 0.0204. The molecule has 0 amide bonds. The molecule has 2 N–H and O–H groups in total. The molecule has 14 nitrogen and oxygen atoms in total. The number of unbranched alkanes of at least 4 members (excludes halogenated alkanes) is 2. The van der Waals surface area contributed by atoms with E-state index in [0.717, 1.165) is 24.8 Å². The van der Waals surface area contributed by atoms with Gasteiger partial charge in [0, 0.05) is 11.4 Å². The van der Waals surface area contributed by atoms with Crippen molar-refractivity contribution in [1.29, 1.82) is 0 Å². The molecule has 0 spiro atoms. The number of benzene rings is 1. The van der Waals surface area contributed by atoms with Gasteiger partial charge in [-0.25, -0.2) is 14.3 Å². The van der Waals surface area contributed by atoms with E-state index in [1.54, 1.807) is 29.7 Å². The Labute approximate surface area is 246 Å². The Morgan fingerprint density at radius 2 is 2.14 bits per heavy atom. The van der Waals surface area contributed by atoms with Crippen molar-refractivity contribution < 1.29 is 41.9 Å². The van der Waals surface area contributed by atoms with E-state index in [0.29, 0.717) is 29.2 Å². The molecular weight excluding hydrogens is 593 g/mol. The maximum Gasteiger partial charge on any atom is 0.509 e. The third-order valence-electron chi connectivity index (χ3n) is 7.37. The molecule has 2 aromatic heterocycles. The number of aromatic nitrogens is 4. The number of hydrogen-bond donors (Lipinski definition) is 1. The number of imidazole rings is 1. The Kier molecular flexibility index (Phi) is 8.03. The van der Waals surface area contributed by atoms with Crippen molar-refractivity contribution in [2.45, 2.75) is 69.7 Å². The Hall–Kier alpha value is -3.00. The predicted octanol–water partition coefficient (Wildman–Crippen LogP) is 5.13. The topological polar surface area (TPSA) is 168 Å². The lowest BCUT2D eigenvalue weighted by Crippen LogP contribution is -2.42. The van der Waals surface area contributed by atoms with Gasteiger partial charge in [0.15, 0.2) is 29.1 Å². The van der Waals surface area contributed by atoms with Crippen molar-refractivity contribution in [2.24, 2.45) is 0 Å². The first kappa shape index (κ1) is 29.1. The summed E-state index contributed by atoms with van der Waals surface area (Å²) >= 11 is 6.12. The maximum atomic E-state index is 13.4. The van der Waals surface area contributed by atoms with E-state index in [1.165, 1.54) is 6.33 Å². The molecule has 3 aliphatic heterocycles. The number of phosphoric acid groups is 1. The summed E-state index contributed by atoms with van der Waals surface area (Å²) in [4.78, 5) is 25.3. The van der Waals surface area contributed by atoms with E-state index in [2.05, 4.69) is 21.9 Å².